The van der Waals surface area contributed by atoms with E-state index in [1.807, 2.05) is 0 Å². The third kappa shape index (κ3) is 2.62. The molecule has 1 fully saturated rings. The quantitative estimate of drug-likeness (QED) is 0.789. The van der Waals surface area contributed by atoms with Crippen molar-refractivity contribution in [2.24, 2.45) is 0 Å². The Morgan fingerprint density at radius 3 is 2.65 bits per heavy atom. The van der Waals surface area contributed by atoms with Crippen molar-refractivity contribution in [3.8, 4) is 0 Å². The molecule has 0 aromatic heterocycles. The van der Waals surface area contributed by atoms with Crippen LogP contribution in [-0.4, -0.2) is 36.8 Å². The number of benzene rings is 1. The lowest BCUT2D eigenvalue weighted by Crippen LogP contribution is -2.41. The first-order valence-electron chi connectivity index (χ1n) is 5.52. The molecule has 0 spiro atoms. The Labute approximate surface area is 99.0 Å². The molecule has 17 heavy (non-hydrogen) atoms. The summed E-state index contributed by atoms with van der Waals surface area (Å²) in [6, 6.07) is 5.38. The van der Waals surface area contributed by atoms with Crippen molar-refractivity contribution in [3.63, 3.8) is 0 Å². The largest absolute Gasteiger partial charge is 0.392 e. The molecule has 1 aromatic rings. The maximum Gasteiger partial charge on any atom is 0.243 e. The van der Waals surface area contributed by atoms with Gasteiger partial charge < -0.3 is 15.3 Å². The molecule has 4 nitrogen and oxygen atoms in total. The van der Waals surface area contributed by atoms with Crippen LogP contribution in [0.3, 0.4) is 0 Å². The summed E-state index contributed by atoms with van der Waals surface area (Å²) in [5.74, 6) is -0.447. The van der Waals surface area contributed by atoms with Gasteiger partial charge in [-0.25, -0.2) is 4.39 Å². The highest BCUT2D eigenvalue weighted by Gasteiger charge is 2.30. The molecule has 92 valence electrons. The summed E-state index contributed by atoms with van der Waals surface area (Å²) >= 11 is 0. The molecule has 2 rings (SSSR count). The van der Waals surface area contributed by atoms with Gasteiger partial charge in [0.2, 0.25) is 5.91 Å². The highest BCUT2D eigenvalue weighted by Crippen LogP contribution is 2.16. The highest BCUT2D eigenvalue weighted by atomic mass is 19.1. The number of aliphatic hydroxyl groups excluding tert-OH is 1. The fraction of sp³-hybridized carbons (Fsp3) is 0.417. The number of halogens is 1. The topological polar surface area (TPSA) is 52.6 Å². The number of amides is 1. The van der Waals surface area contributed by atoms with Gasteiger partial charge in [-0.05, 0) is 30.7 Å². The van der Waals surface area contributed by atoms with E-state index < -0.39 is 6.10 Å². The average molecular weight is 238 g/mol. The minimum absolute atomic E-state index is 0.117. The van der Waals surface area contributed by atoms with Crippen molar-refractivity contribution >= 4 is 11.6 Å². The lowest BCUT2D eigenvalue weighted by molar-refractivity contribution is -0.120. The van der Waals surface area contributed by atoms with Crippen molar-refractivity contribution in [1.82, 2.24) is 5.32 Å². The molecule has 0 saturated carbocycles. The van der Waals surface area contributed by atoms with Gasteiger partial charge in [0, 0.05) is 19.3 Å². The number of aliphatic hydroxyl groups is 1. The Hall–Kier alpha value is -1.46. The van der Waals surface area contributed by atoms with Gasteiger partial charge in [0.25, 0.3) is 0 Å². The van der Waals surface area contributed by atoms with Crippen molar-refractivity contribution in [3.05, 3.63) is 30.1 Å². The van der Waals surface area contributed by atoms with Gasteiger partial charge in [0.05, 0.1) is 12.1 Å². The maximum absolute atomic E-state index is 12.8. The van der Waals surface area contributed by atoms with Gasteiger partial charge in [0.15, 0.2) is 0 Å². The highest BCUT2D eigenvalue weighted by molar-refractivity contribution is 5.96. The van der Waals surface area contributed by atoms with Gasteiger partial charge in [-0.15, -0.1) is 0 Å². The van der Waals surface area contributed by atoms with Gasteiger partial charge >= 0.3 is 0 Å². The standard InChI is InChI=1S/C12H15FN2O2/c1-15(9-4-2-8(13)3-5-9)12(17)11-6-10(16)7-14-11/h2-5,10-11,14,16H,6-7H2,1H3/t10-,11+/m1/s1. The second-order valence-electron chi connectivity index (χ2n) is 4.22. The van der Waals surface area contributed by atoms with Crippen LogP contribution in [0.25, 0.3) is 0 Å². The van der Waals surface area contributed by atoms with Crippen LogP contribution in [-0.2, 0) is 4.79 Å². The predicted molar refractivity (Wildman–Crippen MR) is 62.2 cm³/mol. The molecule has 1 aromatic carbocycles. The SMILES string of the molecule is CN(C(=O)[C@@H]1C[C@@H](O)CN1)c1ccc(F)cc1. The Bertz CT molecular complexity index is 407. The van der Waals surface area contributed by atoms with Crippen LogP contribution in [0.15, 0.2) is 24.3 Å². The van der Waals surface area contributed by atoms with Crippen LogP contribution >= 0.6 is 0 Å². The Morgan fingerprint density at radius 2 is 2.12 bits per heavy atom. The molecule has 1 saturated heterocycles. The Kier molecular flexibility index (Phi) is 3.40. The summed E-state index contributed by atoms with van der Waals surface area (Å²) in [6.07, 6.45) is -0.0461. The van der Waals surface area contributed by atoms with Gasteiger partial charge in [-0.3, -0.25) is 4.79 Å². The van der Waals surface area contributed by atoms with Crippen LogP contribution in [0.5, 0.6) is 0 Å². The zero-order valence-electron chi connectivity index (χ0n) is 9.56. The van der Waals surface area contributed by atoms with Crippen molar-refractivity contribution in [2.45, 2.75) is 18.6 Å². The smallest absolute Gasteiger partial charge is 0.243 e. The van der Waals surface area contributed by atoms with E-state index in [0.717, 1.165) is 0 Å². The molecule has 1 amide bonds. The van der Waals surface area contributed by atoms with E-state index in [-0.39, 0.29) is 17.8 Å². The molecule has 2 atom stereocenters. The summed E-state index contributed by atoms with van der Waals surface area (Å²) in [6.45, 7) is 0.438. The third-order valence-electron chi connectivity index (χ3n) is 2.95. The van der Waals surface area contributed by atoms with Crippen LogP contribution in [0.4, 0.5) is 10.1 Å². The number of rotatable bonds is 2. The second-order valence-corrected chi connectivity index (χ2v) is 4.22. The van der Waals surface area contributed by atoms with Crippen molar-refractivity contribution < 1.29 is 14.3 Å². The zero-order chi connectivity index (χ0) is 12.4. The third-order valence-corrected chi connectivity index (χ3v) is 2.95. The van der Waals surface area contributed by atoms with Crippen molar-refractivity contribution in [2.75, 3.05) is 18.5 Å². The molecular formula is C12H15FN2O2. The molecule has 5 heteroatoms. The van der Waals surface area contributed by atoms with E-state index in [1.54, 1.807) is 19.2 Å². The number of hydrogen-bond acceptors (Lipinski definition) is 3. The molecule has 1 aliphatic rings. The summed E-state index contributed by atoms with van der Waals surface area (Å²) in [7, 11) is 1.64. The first-order chi connectivity index (χ1) is 8.08. The minimum atomic E-state index is -0.467. The maximum atomic E-state index is 12.8. The number of nitrogens with zero attached hydrogens (tertiary/aromatic N) is 1. The predicted octanol–water partition coefficient (Wildman–Crippen LogP) is 0.511. The van der Waals surface area contributed by atoms with Crippen molar-refractivity contribution in [1.29, 1.82) is 0 Å². The molecule has 0 unspecified atom stereocenters. The van der Waals surface area contributed by atoms with Gasteiger partial charge in [-0.2, -0.15) is 0 Å². The first kappa shape index (κ1) is 12.0. The fourth-order valence-electron chi connectivity index (χ4n) is 1.93. The Balaban J connectivity index is 2.06. The molecule has 1 aliphatic heterocycles. The average Bonchev–Trinajstić information content (AvgIpc) is 2.75. The molecular weight excluding hydrogens is 223 g/mol. The number of nitrogens with one attached hydrogen (secondary N) is 1. The van der Waals surface area contributed by atoms with E-state index in [0.29, 0.717) is 18.7 Å². The van der Waals surface area contributed by atoms with E-state index in [9.17, 15) is 14.3 Å². The van der Waals surface area contributed by atoms with Crippen LogP contribution in [0.1, 0.15) is 6.42 Å². The number of hydrogen-bond donors (Lipinski definition) is 2. The van der Waals surface area contributed by atoms with Crippen LogP contribution < -0.4 is 10.2 Å². The molecule has 1 heterocycles. The summed E-state index contributed by atoms with van der Waals surface area (Å²) in [5, 5.41) is 12.3. The Morgan fingerprint density at radius 1 is 1.47 bits per heavy atom. The molecule has 0 radical (unpaired) electrons. The van der Waals surface area contributed by atoms with Crippen LogP contribution in [0.2, 0.25) is 0 Å². The number of anilines is 1. The van der Waals surface area contributed by atoms with Crippen LogP contribution in [0, 0.1) is 5.82 Å². The zero-order valence-corrected chi connectivity index (χ0v) is 9.56. The number of β-amino-alcohol motifs (C(OH)–C–C–N with tert-alkyl or cyclic N) is 1. The van der Waals surface area contributed by atoms with E-state index in [1.165, 1.54) is 17.0 Å². The molecule has 2 N–H and O–H groups in total. The lowest BCUT2D eigenvalue weighted by Gasteiger charge is -2.21. The first-order valence-corrected chi connectivity index (χ1v) is 5.52. The summed E-state index contributed by atoms with van der Waals surface area (Å²) in [4.78, 5) is 13.5. The molecule has 0 aliphatic carbocycles. The second kappa shape index (κ2) is 4.81. The minimum Gasteiger partial charge on any atom is -0.392 e. The number of likely N-dealkylation sites (N-methyl/N-ethyl adjacent to an activating group) is 1. The fourth-order valence-corrected chi connectivity index (χ4v) is 1.93. The number of carbonyl (C=O) groups is 1. The molecule has 0 bridgehead atoms. The summed E-state index contributed by atoms with van der Waals surface area (Å²) < 4.78 is 12.8. The monoisotopic (exact) mass is 238 g/mol. The van der Waals surface area contributed by atoms with Gasteiger partial charge in [0.1, 0.15) is 5.82 Å². The lowest BCUT2D eigenvalue weighted by atomic mass is 10.1. The summed E-state index contributed by atoms with van der Waals surface area (Å²) in [5.41, 5.74) is 0.639. The van der Waals surface area contributed by atoms with E-state index in [2.05, 4.69) is 5.32 Å². The van der Waals surface area contributed by atoms with Gasteiger partial charge in [-0.1, -0.05) is 0 Å². The number of carbonyl (C=O) groups excluding carboxylic acids is 1. The van der Waals surface area contributed by atoms with E-state index >= 15 is 0 Å². The van der Waals surface area contributed by atoms with E-state index in [4.69, 9.17) is 0 Å². The normalized spacial score (nSPS) is 23.7.